The van der Waals surface area contributed by atoms with Crippen LogP contribution in [0.5, 0.6) is 0 Å². The van der Waals surface area contributed by atoms with E-state index in [1.807, 2.05) is 51.1 Å². The number of carbonyl (C=O) groups is 2. The van der Waals surface area contributed by atoms with E-state index in [4.69, 9.17) is 5.73 Å². The first-order chi connectivity index (χ1) is 12.8. The number of hydrogen-bond donors (Lipinski definition) is 2. The SMILES string of the molecule is CC(C)(C)C(=O)Nc1ccccc1C(=O)N1C[C@@H](N)[C@H](c2ccccc2)C1.Cl. The number of para-hydroxylation sites is 1. The molecule has 6 heteroatoms. The van der Waals surface area contributed by atoms with Crippen molar-refractivity contribution in [2.24, 2.45) is 11.1 Å². The van der Waals surface area contributed by atoms with Crippen LogP contribution in [0.4, 0.5) is 5.69 Å². The first-order valence-electron chi connectivity index (χ1n) is 9.27. The first-order valence-corrected chi connectivity index (χ1v) is 9.27. The van der Waals surface area contributed by atoms with E-state index >= 15 is 0 Å². The highest BCUT2D eigenvalue weighted by molar-refractivity contribution is 6.04. The predicted molar refractivity (Wildman–Crippen MR) is 115 cm³/mol. The number of carbonyl (C=O) groups excluding carboxylic acids is 2. The lowest BCUT2D eigenvalue weighted by atomic mass is 9.95. The normalized spacial score (nSPS) is 19.1. The van der Waals surface area contributed by atoms with Gasteiger partial charge in [0.25, 0.3) is 5.91 Å². The Balaban J connectivity index is 0.00000280. The van der Waals surface area contributed by atoms with Crippen LogP contribution in [0.15, 0.2) is 54.6 Å². The van der Waals surface area contributed by atoms with E-state index < -0.39 is 5.41 Å². The number of likely N-dealkylation sites (tertiary alicyclic amines) is 1. The van der Waals surface area contributed by atoms with Crippen LogP contribution in [0, 0.1) is 5.41 Å². The molecule has 3 N–H and O–H groups in total. The number of nitrogens with one attached hydrogen (secondary N) is 1. The molecule has 1 aliphatic heterocycles. The van der Waals surface area contributed by atoms with Crippen LogP contribution in [-0.4, -0.2) is 35.8 Å². The van der Waals surface area contributed by atoms with Crippen molar-refractivity contribution in [3.05, 3.63) is 65.7 Å². The Labute approximate surface area is 172 Å². The standard InChI is InChI=1S/C22H27N3O2.ClH/c1-22(2,3)21(27)24-19-12-8-7-11-16(19)20(26)25-13-17(18(23)14-25)15-9-5-4-6-10-15;/h4-12,17-18H,13-14,23H2,1-3H3,(H,24,27);1H/t17-,18+;/m0./s1. The summed E-state index contributed by atoms with van der Waals surface area (Å²) in [4.78, 5) is 27.3. The monoisotopic (exact) mass is 401 g/mol. The van der Waals surface area contributed by atoms with Gasteiger partial charge in [-0.15, -0.1) is 12.4 Å². The van der Waals surface area contributed by atoms with Gasteiger partial charge >= 0.3 is 0 Å². The quantitative estimate of drug-likeness (QED) is 0.824. The Hall–Kier alpha value is -2.37. The van der Waals surface area contributed by atoms with Crippen molar-refractivity contribution >= 4 is 29.9 Å². The topological polar surface area (TPSA) is 75.4 Å². The number of halogens is 1. The molecule has 1 fully saturated rings. The van der Waals surface area contributed by atoms with E-state index in [0.29, 0.717) is 24.3 Å². The summed E-state index contributed by atoms with van der Waals surface area (Å²) in [5.41, 5.74) is 7.98. The molecule has 2 atom stereocenters. The van der Waals surface area contributed by atoms with Crippen molar-refractivity contribution in [2.45, 2.75) is 32.7 Å². The summed E-state index contributed by atoms with van der Waals surface area (Å²) in [5, 5.41) is 2.89. The molecule has 2 amide bonds. The lowest BCUT2D eigenvalue weighted by molar-refractivity contribution is -0.123. The summed E-state index contributed by atoms with van der Waals surface area (Å²) in [5.74, 6) is -0.108. The van der Waals surface area contributed by atoms with E-state index in [-0.39, 0.29) is 36.2 Å². The fourth-order valence-electron chi connectivity index (χ4n) is 3.31. The molecular formula is C22H28ClN3O2. The summed E-state index contributed by atoms with van der Waals surface area (Å²) in [7, 11) is 0. The van der Waals surface area contributed by atoms with Gasteiger partial charge in [0.15, 0.2) is 0 Å². The van der Waals surface area contributed by atoms with Gasteiger partial charge in [-0.05, 0) is 17.7 Å². The number of benzene rings is 2. The molecule has 1 heterocycles. The van der Waals surface area contributed by atoms with Crippen LogP contribution < -0.4 is 11.1 Å². The molecule has 150 valence electrons. The third-order valence-corrected chi connectivity index (χ3v) is 4.97. The molecule has 0 unspecified atom stereocenters. The van der Waals surface area contributed by atoms with Gasteiger partial charge in [-0.2, -0.15) is 0 Å². The van der Waals surface area contributed by atoms with Crippen LogP contribution in [0.2, 0.25) is 0 Å². The Morgan fingerprint density at radius 2 is 1.61 bits per heavy atom. The zero-order valence-corrected chi connectivity index (χ0v) is 17.3. The van der Waals surface area contributed by atoms with Crippen molar-refractivity contribution in [2.75, 3.05) is 18.4 Å². The maximum Gasteiger partial charge on any atom is 0.256 e. The lowest BCUT2D eigenvalue weighted by Crippen LogP contribution is -2.33. The number of amides is 2. The maximum atomic E-state index is 13.1. The minimum atomic E-state index is -0.537. The van der Waals surface area contributed by atoms with Crippen molar-refractivity contribution in [1.82, 2.24) is 4.90 Å². The molecule has 0 radical (unpaired) electrons. The van der Waals surface area contributed by atoms with Crippen molar-refractivity contribution in [1.29, 1.82) is 0 Å². The molecule has 2 aromatic rings. The van der Waals surface area contributed by atoms with E-state index in [1.54, 1.807) is 17.0 Å². The molecule has 0 aromatic heterocycles. The van der Waals surface area contributed by atoms with E-state index in [9.17, 15) is 9.59 Å². The lowest BCUT2D eigenvalue weighted by Gasteiger charge is -2.21. The molecule has 5 nitrogen and oxygen atoms in total. The third kappa shape index (κ3) is 4.72. The minimum absolute atomic E-state index is 0. The average molecular weight is 402 g/mol. The smallest absolute Gasteiger partial charge is 0.256 e. The average Bonchev–Trinajstić information content (AvgIpc) is 3.03. The second-order valence-corrected chi connectivity index (χ2v) is 8.14. The number of rotatable bonds is 3. The molecule has 3 rings (SSSR count). The highest BCUT2D eigenvalue weighted by Crippen LogP contribution is 2.29. The van der Waals surface area contributed by atoms with Gasteiger partial charge in [0.1, 0.15) is 0 Å². The van der Waals surface area contributed by atoms with Crippen LogP contribution in [0.3, 0.4) is 0 Å². The molecule has 1 aliphatic rings. The Morgan fingerprint density at radius 1 is 1.00 bits per heavy atom. The Bertz CT molecular complexity index is 833. The molecule has 0 saturated carbocycles. The largest absolute Gasteiger partial charge is 0.336 e. The van der Waals surface area contributed by atoms with E-state index in [0.717, 1.165) is 5.56 Å². The van der Waals surface area contributed by atoms with Gasteiger partial charge in [-0.3, -0.25) is 9.59 Å². The van der Waals surface area contributed by atoms with Gasteiger partial charge in [0.05, 0.1) is 11.3 Å². The number of hydrogen-bond acceptors (Lipinski definition) is 3. The summed E-state index contributed by atoms with van der Waals surface area (Å²) >= 11 is 0. The molecule has 0 aliphatic carbocycles. The van der Waals surface area contributed by atoms with Crippen LogP contribution in [-0.2, 0) is 4.79 Å². The van der Waals surface area contributed by atoms with Crippen molar-refractivity contribution in [3.63, 3.8) is 0 Å². The molecule has 0 bridgehead atoms. The van der Waals surface area contributed by atoms with Crippen LogP contribution in [0.25, 0.3) is 0 Å². The highest BCUT2D eigenvalue weighted by atomic mass is 35.5. The first kappa shape index (κ1) is 21.9. The molecule has 2 aromatic carbocycles. The number of nitrogens with zero attached hydrogens (tertiary/aromatic N) is 1. The van der Waals surface area contributed by atoms with Gasteiger partial charge < -0.3 is 16.0 Å². The molecule has 0 spiro atoms. The zero-order valence-electron chi connectivity index (χ0n) is 16.5. The summed E-state index contributed by atoms with van der Waals surface area (Å²) < 4.78 is 0. The fourth-order valence-corrected chi connectivity index (χ4v) is 3.31. The van der Waals surface area contributed by atoms with Gasteiger partial charge in [-0.1, -0.05) is 63.2 Å². The van der Waals surface area contributed by atoms with Gasteiger partial charge in [-0.25, -0.2) is 0 Å². The molecule has 28 heavy (non-hydrogen) atoms. The zero-order chi connectivity index (χ0) is 19.6. The van der Waals surface area contributed by atoms with Gasteiger partial charge in [0.2, 0.25) is 5.91 Å². The third-order valence-electron chi connectivity index (χ3n) is 4.97. The van der Waals surface area contributed by atoms with Gasteiger partial charge in [0, 0.05) is 30.5 Å². The summed E-state index contributed by atoms with van der Waals surface area (Å²) in [6.45, 7) is 6.61. The van der Waals surface area contributed by atoms with Crippen LogP contribution >= 0.6 is 12.4 Å². The minimum Gasteiger partial charge on any atom is -0.336 e. The number of nitrogens with two attached hydrogens (primary N) is 1. The van der Waals surface area contributed by atoms with Crippen molar-refractivity contribution < 1.29 is 9.59 Å². The fraction of sp³-hybridized carbons (Fsp3) is 0.364. The molecule has 1 saturated heterocycles. The summed E-state index contributed by atoms with van der Waals surface area (Å²) in [6, 6.07) is 17.1. The van der Waals surface area contributed by atoms with E-state index in [1.165, 1.54) is 0 Å². The highest BCUT2D eigenvalue weighted by Gasteiger charge is 2.35. The number of anilines is 1. The second-order valence-electron chi connectivity index (χ2n) is 8.14. The molecular weight excluding hydrogens is 374 g/mol. The van der Waals surface area contributed by atoms with Crippen LogP contribution in [0.1, 0.15) is 42.6 Å². The van der Waals surface area contributed by atoms with Crippen molar-refractivity contribution in [3.8, 4) is 0 Å². The predicted octanol–water partition coefficient (Wildman–Crippen LogP) is 3.66. The summed E-state index contributed by atoms with van der Waals surface area (Å²) in [6.07, 6.45) is 0. The Kier molecular flexibility index (Phi) is 6.86. The maximum absolute atomic E-state index is 13.1. The Morgan fingerprint density at radius 3 is 2.25 bits per heavy atom. The van der Waals surface area contributed by atoms with E-state index in [2.05, 4.69) is 17.4 Å². The second kappa shape index (κ2) is 8.76.